The van der Waals surface area contributed by atoms with Crippen LogP contribution in [0.15, 0.2) is 42.5 Å². The van der Waals surface area contributed by atoms with Crippen LogP contribution < -0.4 is 5.73 Å². The van der Waals surface area contributed by atoms with Crippen molar-refractivity contribution in [2.75, 3.05) is 13.2 Å². The van der Waals surface area contributed by atoms with E-state index in [0.29, 0.717) is 0 Å². The van der Waals surface area contributed by atoms with Gasteiger partial charge in [-0.25, -0.2) is 0 Å². The van der Waals surface area contributed by atoms with Crippen molar-refractivity contribution in [1.29, 1.82) is 0 Å². The Morgan fingerprint density at radius 2 is 1.89 bits per heavy atom. The maximum absolute atomic E-state index is 5.93. The van der Waals surface area contributed by atoms with Gasteiger partial charge in [0.05, 0.1) is 13.2 Å². The molecule has 3 rings (SSSR count). The van der Waals surface area contributed by atoms with E-state index >= 15 is 0 Å². The molecule has 0 bridgehead atoms. The average Bonchev–Trinajstić information content (AvgIpc) is 2.37. The summed E-state index contributed by atoms with van der Waals surface area (Å²) in [6, 6.07) is 15.5. The standard InChI is InChI=1S/C17H21NO/c1-13(18)9-10-17(11-19-12-17)16-8-4-6-14-5-2-3-7-15(14)16/h2-8,13H,9-12,18H2,1H3. The highest BCUT2D eigenvalue weighted by Crippen LogP contribution is 2.40. The first-order valence-electron chi connectivity index (χ1n) is 7.03. The van der Waals surface area contributed by atoms with Gasteiger partial charge in [0.25, 0.3) is 0 Å². The monoisotopic (exact) mass is 255 g/mol. The zero-order valence-electron chi connectivity index (χ0n) is 11.4. The van der Waals surface area contributed by atoms with Crippen molar-refractivity contribution < 1.29 is 4.74 Å². The van der Waals surface area contributed by atoms with Gasteiger partial charge in [0.15, 0.2) is 0 Å². The molecule has 2 N–H and O–H groups in total. The van der Waals surface area contributed by atoms with Crippen LogP contribution in [0.1, 0.15) is 25.3 Å². The van der Waals surface area contributed by atoms with E-state index < -0.39 is 0 Å². The summed E-state index contributed by atoms with van der Waals surface area (Å²) < 4.78 is 5.53. The molecule has 0 saturated carbocycles. The quantitative estimate of drug-likeness (QED) is 0.910. The van der Waals surface area contributed by atoms with Crippen LogP contribution in [0.2, 0.25) is 0 Å². The summed E-state index contributed by atoms with van der Waals surface area (Å²) in [5.74, 6) is 0. The summed E-state index contributed by atoms with van der Waals surface area (Å²) in [4.78, 5) is 0. The molecule has 0 spiro atoms. The predicted molar refractivity (Wildman–Crippen MR) is 79.3 cm³/mol. The Labute approximate surface area is 114 Å². The first kappa shape index (κ1) is 12.6. The Hall–Kier alpha value is -1.38. The first-order chi connectivity index (χ1) is 9.21. The number of nitrogens with two attached hydrogens (primary N) is 1. The van der Waals surface area contributed by atoms with Gasteiger partial charge in [-0.15, -0.1) is 0 Å². The predicted octanol–water partition coefficient (Wildman–Crippen LogP) is 3.24. The molecule has 2 heteroatoms. The summed E-state index contributed by atoms with van der Waals surface area (Å²) in [5.41, 5.74) is 7.53. The smallest absolute Gasteiger partial charge is 0.0585 e. The van der Waals surface area contributed by atoms with E-state index in [1.807, 2.05) is 0 Å². The second kappa shape index (κ2) is 4.95. The molecular weight excluding hydrogens is 234 g/mol. The third-order valence-electron chi connectivity index (χ3n) is 4.20. The molecular formula is C17H21NO. The molecule has 1 fully saturated rings. The molecule has 1 unspecified atom stereocenters. The van der Waals surface area contributed by atoms with E-state index in [4.69, 9.17) is 10.5 Å². The zero-order valence-corrected chi connectivity index (χ0v) is 11.4. The van der Waals surface area contributed by atoms with E-state index in [1.165, 1.54) is 16.3 Å². The molecule has 1 atom stereocenters. The second-order valence-corrected chi connectivity index (χ2v) is 5.82. The molecule has 0 amide bonds. The van der Waals surface area contributed by atoms with Gasteiger partial charge >= 0.3 is 0 Å². The van der Waals surface area contributed by atoms with Gasteiger partial charge in [-0.3, -0.25) is 0 Å². The summed E-state index contributed by atoms with van der Waals surface area (Å²) >= 11 is 0. The van der Waals surface area contributed by atoms with Crippen molar-refractivity contribution in [3.8, 4) is 0 Å². The maximum atomic E-state index is 5.93. The lowest BCUT2D eigenvalue weighted by Gasteiger charge is -2.43. The fourth-order valence-corrected chi connectivity index (χ4v) is 2.97. The highest BCUT2D eigenvalue weighted by Gasteiger charge is 2.40. The SMILES string of the molecule is CC(N)CCC1(c2cccc3ccccc23)COC1. The minimum absolute atomic E-state index is 0.175. The van der Waals surface area contributed by atoms with Crippen molar-refractivity contribution in [2.24, 2.45) is 5.73 Å². The van der Waals surface area contributed by atoms with Crippen LogP contribution in [0.4, 0.5) is 0 Å². The maximum Gasteiger partial charge on any atom is 0.0585 e. The van der Waals surface area contributed by atoms with Crippen LogP contribution in [0.25, 0.3) is 10.8 Å². The highest BCUT2D eigenvalue weighted by molar-refractivity contribution is 5.86. The zero-order chi connectivity index (χ0) is 13.3. The van der Waals surface area contributed by atoms with E-state index in [2.05, 4.69) is 49.4 Å². The number of hydrogen-bond donors (Lipinski definition) is 1. The molecule has 1 heterocycles. The fourth-order valence-electron chi connectivity index (χ4n) is 2.97. The van der Waals surface area contributed by atoms with Crippen molar-refractivity contribution in [2.45, 2.75) is 31.2 Å². The van der Waals surface area contributed by atoms with Crippen LogP contribution >= 0.6 is 0 Å². The van der Waals surface area contributed by atoms with E-state index in [1.54, 1.807) is 0 Å². The average molecular weight is 255 g/mol. The third-order valence-corrected chi connectivity index (χ3v) is 4.20. The van der Waals surface area contributed by atoms with Crippen molar-refractivity contribution in [1.82, 2.24) is 0 Å². The molecule has 100 valence electrons. The highest BCUT2D eigenvalue weighted by atomic mass is 16.5. The number of hydrogen-bond acceptors (Lipinski definition) is 2. The second-order valence-electron chi connectivity index (χ2n) is 5.82. The number of rotatable bonds is 4. The van der Waals surface area contributed by atoms with Crippen molar-refractivity contribution in [3.63, 3.8) is 0 Å². The Morgan fingerprint density at radius 1 is 1.16 bits per heavy atom. The van der Waals surface area contributed by atoms with Gasteiger partial charge in [-0.05, 0) is 36.1 Å². The fraction of sp³-hybridized carbons (Fsp3) is 0.412. The molecule has 2 aromatic rings. The normalized spacial score (nSPS) is 19.1. The minimum Gasteiger partial charge on any atom is -0.379 e. The molecule has 2 nitrogen and oxygen atoms in total. The number of ether oxygens (including phenoxy) is 1. The molecule has 1 aliphatic rings. The van der Waals surface area contributed by atoms with Gasteiger partial charge in [-0.2, -0.15) is 0 Å². The summed E-state index contributed by atoms with van der Waals surface area (Å²) in [7, 11) is 0. The molecule has 0 aliphatic carbocycles. The number of benzene rings is 2. The van der Waals surface area contributed by atoms with Crippen molar-refractivity contribution in [3.05, 3.63) is 48.0 Å². The minimum atomic E-state index is 0.175. The summed E-state index contributed by atoms with van der Waals surface area (Å²) in [5, 5.41) is 2.67. The molecule has 1 saturated heterocycles. The van der Waals surface area contributed by atoms with Gasteiger partial charge < -0.3 is 10.5 Å². The van der Waals surface area contributed by atoms with Crippen LogP contribution in [0.5, 0.6) is 0 Å². The van der Waals surface area contributed by atoms with E-state index in [0.717, 1.165) is 26.1 Å². The van der Waals surface area contributed by atoms with Crippen LogP contribution in [0.3, 0.4) is 0 Å². The van der Waals surface area contributed by atoms with Crippen LogP contribution in [-0.2, 0) is 10.2 Å². The first-order valence-corrected chi connectivity index (χ1v) is 7.03. The van der Waals surface area contributed by atoms with Crippen molar-refractivity contribution >= 4 is 10.8 Å². The summed E-state index contributed by atoms with van der Waals surface area (Å²) in [6.45, 7) is 3.73. The molecule has 2 aromatic carbocycles. The van der Waals surface area contributed by atoms with Crippen LogP contribution in [0, 0.1) is 0 Å². The Morgan fingerprint density at radius 3 is 2.58 bits per heavy atom. The van der Waals surface area contributed by atoms with Gasteiger partial charge in [0, 0.05) is 11.5 Å². The number of fused-ring (bicyclic) bond motifs is 1. The van der Waals surface area contributed by atoms with Gasteiger partial charge in [-0.1, -0.05) is 42.5 Å². The Balaban J connectivity index is 2.01. The Bertz CT molecular complexity index is 567. The van der Waals surface area contributed by atoms with E-state index in [-0.39, 0.29) is 11.5 Å². The topological polar surface area (TPSA) is 35.2 Å². The largest absolute Gasteiger partial charge is 0.379 e. The van der Waals surface area contributed by atoms with Gasteiger partial charge in [0.2, 0.25) is 0 Å². The lowest BCUT2D eigenvalue weighted by molar-refractivity contribution is -0.0649. The third kappa shape index (κ3) is 2.26. The Kier molecular flexibility index (Phi) is 3.29. The molecule has 19 heavy (non-hydrogen) atoms. The molecule has 1 aliphatic heterocycles. The molecule has 0 aromatic heterocycles. The van der Waals surface area contributed by atoms with Gasteiger partial charge in [0.1, 0.15) is 0 Å². The summed E-state index contributed by atoms with van der Waals surface area (Å²) in [6.07, 6.45) is 2.16. The van der Waals surface area contributed by atoms with Crippen LogP contribution in [-0.4, -0.2) is 19.3 Å². The lowest BCUT2D eigenvalue weighted by atomic mass is 9.73. The lowest BCUT2D eigenvalue weighted by Crippen LogP contribution is -2.47. The van der Waals surface area contributed by atoms with E-state index in [9.17, 15) is 0 Å². The molecule has 0 radical (unpaired) electrons.